The number of nitrogens with zero attached hydrogens (tertiary/aromatic N) is 7. The van der Waals surface area contributed by atoms with Crippen molar-refractivity contribution in [2.45, 2.75) is 25.1 Å². The van der Waals surface area contributed by atoms with E-state index in [1.165, 1.54) is 6.08 Å². The second-order valence-corrected chi connectivity index (χ2v) is 9.38. The summed E-state index contributed by atoms with van der Waals surface area (Å²) in [5.74, 6) is 0.987. The maximum Gasteiger partial charge on any atom is 0.419 e. The normalized spacial score (nSPS) is 18.8. The number of carbonyl (C=O) groups is 1. The summed E-state index contributed by atoms with van der Waals surface area (Å²) in [6.07, 6.45) is 0.260. The Morgan fingerprint density at radius 1 is 1.11 bits per heavy atom. The maximum atomic E-state index is 12.8. The van der Waals surface area contributed by atoms with Crippen molar-refractivity contribution in [1.82, 2.24) is 24.4 Å². The van der Waals surface area contributed by atoms with Crippen molar-refractivity contribution in [3.63, 3.8) is 0 Å². The molecule has 2 aliphatic rings. The zero-order valence-electron chi connectivity index (χ0n) is 20.6. The minimum atomic E-state index is -4.46. The van der Waals surface area contributed by atoms with Gasteiger partial charge in [-0.15, -0.1) is 0 Å². The number of halogens is 3. The van der Waals surface area contributed by atoms with Gasteiger partial charge in [0.25, 0.3) is 0 Å². The van der Waals surface area contributed by atoms with Gasteiger partial charge >= 0.3 is 6.18 Å². The van der Waals surface area contributed by atoms with Crippen LogP contribution in [0.5, 0.6) is 0 Å². The zero-order valence-corrected chi connectivity index (χ0v) is 20.6. The monoisotopic (exact) mass is 514 g/mol. The molecule has 0 spiro atoms. The number of hydrogen-bond acceptors (Lipinski definition) is 7. The topological polar surface area (TPSA) is 82.4 Å². The highest BCUT2D eigenvalue weighted by Gasteiger charge is 2.31. The average molecular weight is 515 g/mol. The number of imidazole rings is 1. The quantitative estimate of drug-likeness (QED) is 0.524. The number of benzene rings is 1. The van der Waals surface area contributed by atoms with E-state index in [-0.39, 0.29) is 17.9 Å². The summed E-state index contributed by atoms with van der Waals surface area (Å²) in [6, 6.07) is 6.22. The lowest BCUT2D eigenvalue weighted by Gasteiger charge is -2.35. The van der Waals surface area contributed by atoms with E-state index >= 15 is 0 Å². The van der Waals surface area contributed by atoms with Gasteiger partial charge in [-0.25, -0.2) is 15.0 Å². The smallest absolute Gasteiger partial charge is 0.368 e. The molecule has 2 fully saturated rings. The van der Waals surface area contributed by atoms with Gasteiger partial charge in [-0.1, -0.05) is 6.58 Å². The molecule has 5 rings (SSSR count). The lowest BCUT2D eigenvalue weighted by molar-refractivity contribution is -0.138. The fraction of sp³-hybridized carbons (Fsp3) is 0.440. The van der Waals surface area contributed by atoms with E-state index in [1.807, 2.05) is 7.05 Å². The summed E-state index contributed by atoms with van der Waals surface area (Å²) in [7, 11) is 1.99. The van der Waals surface area contributed by atoms with Crippen LogP contribution in [0.3, 0.4) is 0 Å². The van der Waals surface area contributed by atoms with Gasteiger partial charge in [0.15, 0.2) is 0 Å². The number of aryl methyl sites for hydroxylation is 1. The second-order valence-electron chi connectivity index (χ2n) is 9.38. The number of carbonyl (C=O) groups excluding carboxylic acids is 1. The highest BCUT2D eigenvalue weighted by atomic mass is 19.4. The van der Waals surface area contributed by atoms with Crippen LogP contribution in [-0.4, -0.2) is 75.6 Å². The Morgan fingerprint density at radius 3 is 2.51 bits per heavy atom. The summed E-state index contributed by atoms with van der Waals surface area (Å²) in [5.41, 5.74) is 2.11. The number of fused-ring (bicyclic) bond motifs is 1. The Kier molecular flexibility index (Phi) is 6.65. The molecule has 1 N–H and O–H groups in total. The Hall–Kier alpha value is -3.83. The molecule has 12 heteroatoms. The molecule has 3 aromatic rings. The van der Waals surface area contributed by atoms with Crippen molar-refractivity contribution in [2.75, 3.05) is 54.4 Å². The summed E-state index contributed by atoms with van der Waals surface area (Å²) < 4.78 is 40.5. The first-order chi connectivity index (χ1) is 17.7. The molecule has 2 aromatic heterocycles. The molecular formula is C25H29F3N8O. The first kappa shape index (κ1) is 24.8. The van der Waals surface area contributed by atoms with Crippen molar-refractivity contribution in [1.29, 1.82) is 0 Å². The molecule has 2 saturated heterocycles. The molecule has 4 heterocycles. The predicted octanol–water partition coefficient (Wildman–Crippen LogP) is 3.30. The molecule has 1 amide bonds. The van der Waals surface area contributed by atoms with Gasteiger partial charge in [-0.3, -0.25) is 4.79 Å². The van der Waals surface area contributed by atoms with Gasteiger partial charge in [-0.2, -0.15) is 13.2 Å². The number of alkyl halides is 3. The van der Waals surface area contributed by atoms with Crippen LogP contribution in [0.4, 0.5) is 30.8 Å². The number of nitrogens with one attached hydrogen (secondary N) is 1. The molecule has 0 radical (unpaired) electrons. The Balaban J connectivity index is 1.28. The fourth-order valence-corrected chi connectivity index (χ4v) is 4.98. The zero-order chi connectivity index (χ0) is 26.2. The molecule has 1 atom stereocenters. The molecule has 0 saturated carbocycles. The molecular weight excluding hydrogens is 485 g/mol. The van der Waals surface area contributed by atoms with E-state index in [0.29, 0.717) is 19.6 Å². The van der Waals surface area contributed by atoms with Crippen molar-refractivity contribution in [2.24, 2.45) is 7.05 Å². The van der Waals surface area contributed by atoms with Crippen LogP contribution in [0.1, 0.15) is 18.4 Å². The predicted molar refractivity (Wildman–Crippen MR) is 136 cm³/mol. The van der Waals surface area contributed by atoms with E-state index in [9.17, 15) is 18.0 Å². The number of rotatable bonds is 5. The lowest BCUT2D eigenvalue weighted by Crippen LogP contribution is -2.48. The van der Waals surface area contributed by atoms with Crippen LogP contribution >= 0.6 is 0 Å². The van der Waals surface area contributed by atoms with Gasteiger partial charge in [-0.05, 0) is 37.1 Å². The number of anilines is 3. The third kappa shape index (κ3) is 5.18. The summed E-state index contributed by atoms with van der Waals surface area (Å²) >= 11 is 0. The van der Waals surface area contributed by atoms with E-state index < -0.39 is 11.7 Å². The highest BCUT2D eigenvalue weighted by molar-refractivity contribution is 5.87. The van der Waals surface area contributed by atoms with Crippen LogP contribution in [0.15, 0.2) is 43.2 Å². The van der Waals surface area contributed by atoms with Crippen molar-refractivity contribution >= 4 is 34.5 Å². The largest absolute Gasteiger partial charge is 0.419 e. The number of piperazine rings is 1. The molecule has 196 valence electrons. The van der Waals surface area contributed by atoms with E-state index in [1.54, 1.807) is 4.90 Å². The number of aromatic nitrogens is 4. The van der Waals surface area contributed by atoms with Crippen LogP contribution in [0.25, 0.3) is 11.0 Å². The maximum absolute atomic E-state index is 12.8. The van der Waals surface area contributed by atoms with Crippen LogP contribution in [-0.2, 0) is 18.0 Å². The minimum absolute atomic E-state index is 0.0181. The molecule has 9 nitrogen and oxygen atoms in total. The highest BCUT2D eigenvalue weighted by Crippen LogP contribution is 2.30. The van der Waals surface area contributed by atoms with Gasteiger partial charge in [0.1, 0.15) is 0 Å². The number of piperidine rings is 1. The van der Waals surface area contributed by atoms with Crippen LogP contribution < -0.4 is 15.1 Å². The Morgan fingerprint density at radius 2 is 1.84 bits per heavy atom. The van der Waals surface area contributed by atoms with Gasteiger partial charge in [0.2, 0.25) is 17.8 Å². The molecule has 1 unspecified atom stereocenters. The first-order valence-electron chi connectivity index (χ1n) is 12.3. The third-order valence-electron chi connectivity index (χ3n) is 6.99. The van der Waals surface area contributed by atoms with Crippen LogP contribution in [0.2, 0.25) is 0 Å². The second kappa shape index (κ2) is 9.91. The van der Waals surface area contributed by atoms with Gasteiger partial charge in [0, 0.05) is 70.4 Å². The molecule has 0 bridgehead atoms. The standard InChI is InChI=1S/C25H29F3N8O/c1-3-22(37)35-11-9-34(10-12-35)19-6-7-21-20(13-19)32-24(33(21)2)36-8-4-5-18(16-36)31-23-29-14-17(15-30-23)25(26,27)28/h3,6-7,13-15,18H,1,4-5,8-12,16H2,2H3,(H,29,30,31). The van der Waals surface area contributed by atoms with Gasteiger partial charge < -0.3 is 24.6 Å². The minimum Gasteiger partial charge on any atom is -0.368 e. The van der Waals surface area contributed by atoms with Crippen molar-refractivity contribution in [3.8, 4) is 0 Å². The van der Waals surface area contributed by atoms with Gasteiger partial charge in [0.05, 0.1) is 16.6 Å². The Bertz CT molecular complexity index is 1280. The van der Waals surface area contributed by atoms with E-state index in [2.05, 4.69) is 54.4 Å². The molecule has 2 aliphatic heterocycles. The fourth-order valence-electron chi connectivity index (χ4n) is 4.98. The van der Waals surface area contributed by atoms with Crippen LogP contribution in [0, 0.1) is 0 Å². The SMILES string of the molecule is C=CC(=O)N1CCN(c2ccc3c(c2)nc(N2CCCC(Nc4ncc(C(F)(F)F)cn4)C2)n3C)CC1. The van der Waals surface area contributed by atoms with Crippen molar-refractivity contribution < 1.29 is 18.0 Å². The number of amides is 1. The average Bonchev–Trinajstić information content (AvgIpc) is 3.24. The summed E-state index contributed by atoms with van der Waals surface area (Å²) in [4.78, 5) is 30.7. The van der Waals surface area contributed by atoms with E-state index in [0.717, 1.165) is 67.5 Å². The molecule has 37 heavy (non-hydrogen) atoms. The summed E-state index contributed by atoms with van der Waals surface area (Å²) in [5, 5.41) is 3.17. The third-order valence-corrected chi connectivity index (χ3v) is 6.99. The number of hydrogen-bond donors (Lipinski definition) is 1. The summed E-state index contributed by atoms with van der Waals surface area (Å²) in [6.45, 7) is 7.83. The molecule has 1 aromatic carbocycles. The van der Waals surface area contributed by atoms with Crippen molar-refractivity contribution in [3.05, 3.63) is 48.8 Å². The molecule has 0 aliphatic carbocycles. The first-order valence-corrected chi connectivity index (χ1v) is 12.3. The van der Waals surface area contributed by atoms with E-state index in [4.69, 9.17) is 4.98 Å². The lowest BCUT2D eigenvalue weighted by atomic mass is 10.1. The Labute approximate surface area is 212 Å².